The van der Waals surface area contributed by atoms with Crippen LogP contribution in [0.3, 0.4) is 0 Å². The molecule has 1 aromatic carbocycles. The first kappa shape index (κ1) is 16.9. The Hall–Kier alpha value is -1.15. The number of ketones is 1. The normalized spacial score (nSPS) is 12.4. The Morgan fingerprint density at radius 1 is 1.39 bits per heavy atom. The molecule has 0 bridgehead atoms. The van der Waals surface area contributed by atoms with Gasteiger partial charge in [0.05, 0.1) is 13.2 Å². The molecule has 0 fully saturated rings. The highest BCUT2D eigenvalue weighted by molar-refractivity contribution is 7.89. The Morgan fingerprint density at radius 3 is 2.33 bits per heavy atom. The van der Waals surface area contributed by atoms with Crippen LogP contribution in [0.2, 0.25) is 0 Å². The summed E-state index contributed by atoms with van der Waals surface area (Å²) in [4.78, 5) is 11.4. The van der Waals surface area contributed by atoms with Gasteiger partial charge in [-0.2, -0.15) is 0 Å². The van der Waals surface area contributed by atoms with Gasteiger partial charge in [0.2, 0.25) is 10.0 Å². The van der Waals surface area contributed by atoms with Gasteiger partial charge in [0.25, 0.3) is 0 Å². The van der Waals surface area contributed by atoms with E-state index >= 15 is 0 Å². The lowest BCUT2D eigenvalue weighted by atomic mass is 10.1. The zero-order valence-corrected chi connectivity index (χ0v) is 11.5. The fourth-order valence-electron chi connectivity index (χ4n) is 1.32. The van der Waals surface area contributed by atoms with E-state index in [0.717, 1.165) is 0 Å². The van der Waals surface area contributed by atoms with Gasteiger partial charge >= 0.3 is 0 Å². The van der Waals surface area contributed by atoms with Crippen LogP contribution in [0, 0.1) is 0 Å². The summed E-state index contributed by atoms with van der Waals surface area (Å²) in [6.45, 7) is 1.52. The van der Waals surface area contributed by atoms with Crippen LogP contribution >= 0.6 is 12.4 Å². The molecule has 1 atom stereocenters. The number of carbonyl (C=O) groups is 1. The van der Waals surface area contributed by atoms with Crippen molar-refractivity contribution < 1.29 is 17.9 Å². The summed E-state index contributed by atoms with van der Waals surface area (Å²) in [5, 5.41) is 5.03. The molecule has 0 heterocycles. The quantitative estimate of drug-likeness (QED) is 0.775. The summed E-state index contributed by atoms with van der Waals surface area (Å²) in [6, 6.07) is 3.27. The minimum atomic E-state index is -3.95. The van der Waals surface area contributed by atoms with Gasteiger partial charge in [-0.25, -0.2) is 13.6 Å². The molecule has 18 heavy (non-hydrogen) atoms. The molecule has 0 saturated carbocycles. The summed E-state index contributed by atoms with van der Waals surface area (Å²) < 4.78 is 27.5. The summed E-state index contributed by atoms with van der Waals surface area (Å²) in [5.41, 5.74) is 5.62. The van der Waals surface area contributed by atoms with Gasteiger partial charge < -0.3 is 10.5 Å². The summed E-state index contributed by atoms with van der Waals surface area (Å²) in [6.07, 6.45) is 0. The van der Waals surface area contributed by atoms with Gasteiger partial charge in [0.15, 0.2) is 5.78 Å². The molecule has 0 saturated heterocycles. The monoisotopic (exact) mass is 294 g/mol. The molecule has 4 N–H and O–H groups in total. The van der Waals surface area contributed by atoms with Crippen LogP contribution in [0.5, 0.6) is 5.75 Å². The number of nitrogens with two attached hydrogens (primary N) is 2. The molecule has 0 aliphatic heterocycles. The van der Waals surface area contributed by atoms with Gasteiger partial charge in [-0.3, -0.25) is 4.79 Å². The van der Waals surface area contributed by atoms with Gasteiger partial charge in [-0.05, 0) is 25.1 Å². The second-order valence-corrected chi connectivity index (χ2v) is 5.09. The molecule has 1 unspecified atom stereocenters. The van der Waals surface area contributed by atoms with Gasteiger partial charge in [0, 0.05) is 5.56 Å². The van der Waals surface area contributed by atoms with Crippen LogP contribution in [-0.2, 0) is 10.0 Å². The van der Waals surface area contributed by atoms with Crippen LogP contribution in [0.15, 0.2) is 23.1 Å². The van der Waals surface area contributed by atoms with Crippen molar-refractivity contribution in [3.63, 3.8) is 0 Å². The maximum Gasteiger partial charge on any atom is 0.241 e. The smallest absolute Gasteiger partial charge is 0.241 e. The number of rotatable bonds is 4. The van der Waals surface area contributed by atoms with E-state index in [9.17, 15) is 13.2 Å². The first-order valence-corrected chi connectivity index (χ1v) is 6.32. The van der Waals surface area contributed by atoms with E-state index in [1.54, 1.807) is 0 Å². The van der Waals surface area contributed by atoms with Crippen molar-refractivity contribution in [2.24, 2.45) is 10.9 Å². The first-order valence-electron chi connectivity index (χ1n) is 4.78. The maximum absolute atomic E-state index is 11.6. The lowest BCUT2D eigenvalue weighted by Gasteiger charge is -2.09. The third-order valence-electron chi connectivity index (χ3n) is 2.17. The van der Waals surface area contributed by atoms with Crippen molar-refractivity contribution in [1.29, 1.82) is 0 Å². The average molecular weight is 295 g/mol. The van der Waals surface area contributed by atoms with Crippen molar-refractivity contribution in [3.8, 4) is 5.75 Å². The standard InChI is InChI=1S/C10H14N2O4S.ClH/c1-6(11)10(13)7-3-4-8(16-2)9(5-7)17(12,14)15;/h3-6H,11H2,1-2H3,(H2,12,14,15);1H. The van der Waals surface area contributed by atoms with Gasteiger partial charge in [-0.15, -0.1) is 12.4 Å². The molecule has 0 aromatic heterocycles. The number of halogens is 1. The number of hydrogen-bond donors (Lipinski definition) is 2. The Morgan fingerprint density at radius 2 is 1.94 bits per heavy atom. The number of sulfonamides is 1. The molecule has 0 aliphatic carbocycles. The van der Waals surface area contributed by atoms with Crippen LogP contribution in [0.4, 0.5) is 0 Å². The van der Waals surface area contributed by atoms with Crippen molar-refractivity contribution in [1.82, 2.24) is 0 Å². The van der Waals surface area contributed by atoms with Crippen LogP contribution < -0.4 is 15.6 Å². The second kappa shape index (κ2) is 6.14. The fourth-order valence-corrected chi connectivity index (χ4v) is 2.04. The number of hydrogen-bond acceptors (Lipinski definition) is 5. The summed E-state index contributed by atoms with van der Waals surface area (Å²) >= 11 is 0. The molecule has 0 amide bonds. The molecule has 8 heteroatoms. The number of primary sulfonamides is 1. The third kappa shape index (κ3) is 3.67. The molecular weight excluding hydrogens is 280 g/mol. The van der Waals surface area contributed by atoms with Crippen LogP contribution in [-0.4, -0.2) is 27.4 Å². The highest BCUT2D eigenvalue weighted by Gasteiger charge is 2.19. The van der Waals surface area contributed by atoms with E-state index in [1.807, 2.05) is 0 Å². The van der Waals surface area contributed by atoms with E-state index in [0.29, 0.717) is 0 Å². The number of benzene rings is 1. The molecular formula is C10H15ClN2O4S. The number of ether oxygens (including phenoxy) is 1. The number of methoxy groups -OCH3 is 1. The highest BCUT2D eigenvalue weighted by Crippen LogP contribution is 2.24. The van der Waals surface area contributed by atoms with Crippen molar-refractivity contribution in [2.45, 2.75) is 17.9 Å². The fraction of sp³-hybridized carbons (Fsp3) is 0.300. The van der Waals surface area contributed by atoms with Crippen molar-refractivity contribution >= 4 is 28.2 Å². The summed E-state index contributed by atoms with van der Waals surface area (Å²) in [7, 11) is -2.63. The van der Waals surface area contributed by atoms with Crippen LogP contribution in [0.25, 0.3) is 0 Å². The Labute approximate surface area is 112 Å². The molecule has 0 radical (unpaired) electrons. The van der Waals surface area contributed by atoms with Crippen LogP contribution in [0.1, 0.15) is 17.3 Å². The van der Waals surface area contributed by atoms with E-state index in [-0.39, 0.29) is 34.4 Å². The topological polar surface area (TPSA) is 112 Å². The molecule has 0 aliphatic rings. The number of carbonyl (C=O) groups excluding carboxylic acids is 1. The van der Waals surface area contributed by atoms with E-state index in [4.69, 9.17) is 15.6 Å². The second-order valence-electron chi connectivity index (χ2n) is 3.56. The average Bonchev–Trinajstić information content (AvgIpc) is 2.25. The van der Waals surface area contributed by atoms with Crippen molar-refractivity contribution in [3.05, 3.63) is 23.8 Å². The predicted octanol–water partition coefficient (Wildman–Crippen LogP) is 0.294. The first-order chi connectivity index (χ1) is 7.77. The lowest BCUT2D eigenvalue weighted by Crippen LogP contribution is -2.27. The van der Waals surface area contributed by atoms with Gasteiger partial charge in [0.1, 0.15) is 10.6 Å². The molecule has 102 valence electrons. The third-order valence-corrected chi connectivity index (χ3v) is 3.10. The minimum absolute atomic E-state index is 0. The summed E-state index contributed by atoms with van der Waals surface area (Å²) in [5.74, 6) is -0.272. The maximum atomic E-state index is 11.6. The number of Topliss-reactive ketones (excluding diaryl/α,β-unsaturated/α-hetero) is 1. The Kier molecular flexibility index (Phi) is 5.75. The zero-order chi connectivity index (χ0) is 13.2. The zero-order valence-electron chi connectivity index (χ0n) is 9.91. The lowest BCUT2D eigenvalue weighted by molar-refractivity contribution is 0.0967. The molecule has 6 nitrogen and oxygen atoms in total. The predicted molar refractivity (Wildman–Crippen MR) is 69.6 cm³/mol. The molecule has 1 rings (SSSR count). The Bertz CT molecular complexity index is 543. The SMILES string of the molecule is COc1ccc(C(=O)C(C)N)cc1S(N)(=O)=O.Cl. The van der Waals surface area contributed by atoms with Crippen molar-refractivity contribution in [2.75, 3.05) is 7.11 Å². The molecule has 0 spiro atoms. The Balaban J connectivity index is 0.00000289. The van der Waals surface area contributed by atoms with E-state index in [2.05, 4.69) is 0 Å². The largest absolute Gasteiger partial charge is 0.495 e. The highest BCUT2D eigenvalue weighted by atomic mass is 35.5. The molecule has 1 aromatic rings. The van der Waals surface area contributed by atoms with E-state index < -0.39 is 16.1 Å². The minimum Gasteiger partial charge on any atom is -0.495 e. The van der Waals surface area contributed by atoms with Gasteiger partial charge in [-0.1, -0.05) is 0 Å². The van der Waals surface area contributed by atoms with E-state index in [1.165, 1.54) is 32.2 Å².